The van der Waals surface area contributed by atoms with Crippen LogP contribution in [0.15, 0.2) is 12.3 Å². The third kappa shape index (κ3) is 3.67. The zero-order valence-electron chi connectivity index (χ0n) is 12.6. The SMILES string of the molecule is CCCNC(Cc1cn(C)nn1)c1cc2c(s1)CCSC2. The van der Waals surface area contributed by atoms with Gasteiger partial charge in [-0.1, -0.05) is 12.1 Å². The average molecular weight is 323 g/mol. The summed E-state index contributed by atoms with van der Waals surface area (Å²) in [6.45, 7) is 3.25. The highest BCUT2D eigenvalue weighted by atomic mass is 32.2. The lowest BCUT2D eigenvalue weighted by Gasteiger charge is -2.15. The van der Waals surface area contributed by atoms with Crippen molar-refractivity contribution >= 4 is 23.1 Å². The summed E-state index contributed by atoms with van der Waals surface area (Å²) in [6, 6.07) is 2.78. The van der Waals surface area contributed by atoms with E-state index in [9.17, 15) is 0 Å². The van der Waals surface area contributed by atoms with Gasteiger partial charge in [0, 0.05) is 41.2 Å². The summed E-state index contributed by atoms with van der Waals surface area (Å²) in [5, 5.41) is 12.0. The zero-order chi connectivity index (χ0) is 14.7. The van der Waals surface area contributed by atoms with Gasteiger partial charge in [-0.15, -0.1) is 16.4 Å². The Kier molecular flexibility index (Phi) is 4.98. The summed E-state index contributed by atoms with van der Waals surface area (Å²) < 4.78 is 1.78. The molecule has 0 saturated heterocycles. The number of nitrogens with zero attached hydrogens (tertiary/aromatic N) is 3. The second-order valence-corrected chi connectivity index (χ2v) is 7.77. The standard InChI is InChI=1S/C15H22N4S2/c1-3-5-16-13(8-12-9-19(2)18-17-12)15-7-11-10-20-6-4-14(11)21-15/h7,9,13,16H,3-6,8,10H2,1-2H3. The molecule has 1 N–H and O–H groups in total. The second-order valence-electron chi connectivity index (χ2n) is 5.49. The van der Waals surface area contributed by atoms with Gasteiger partial charge in [0.05, 0.1) is 5.69 Å². The molecule has 3 rings (SSSR count). The minimum absolute atomic E-state index is 0.363. The van der Waals surface area contributed by atoms with Crippen LogP contribution in [-0.4, -0.2) is 27.3 Å². The number of thiophene rings is 1. The van der Waals surface area contributed by atoms with E-state index in [4.69, 9.17) is 0 Å². The van der Waals surface area contributed by atoms with Gasteiger partial charge in [-0.05, 0) is 36.8 Å². The van der Waals surface area contributed by atoms with Crippen LogP contribution in [0.1, 0.15) is 40.4 Å². The zero-order valence-corrected chi connectivity index (χ0v) is 14.3. The van der Waals surface area contributed by atoms with Crippen molar-refractivity contribution in [3.05, 3.63) is 33.3 Å². The van der Waals surface area contributed by atoms with E-state index in [0.717, 1.165) is 25.1 Å². The van der Waals surface area contributed by atoms with Gasteiger partial charge in [0.25, 0.3) is 0 Å². The molecule has 1 unspecified atom stereocenters. The van der Waals surface area contributed by atoms with Crippen LogP contribution in [0.2, 0.25) is 0 Å². The third-order valence-corrected chi connectivity index (χ3v) is 6.05. The molecule has 0 fully saturated rings. The van der Waals surface area contributed by atoms with Crippen molar-refractivity contribution in [1.82, 2.24) is 20.3 Å². The summed E-state index contributed by atoms with van der Waals surface area (Å²) in [6.07, 6.45) is 5.32. The molecule has 0 saturated carbocycles. The van der Waals surface area contributed by atoms with Crippen LogP contribution in [0.4, 0.5) is 0 Å². The Hall–Kier alpha value is -0.850. The van der Waals surface area contributed by atoms with E-state index in [-0.39, 0.29) is 0 Å². The summed E-state index contributed by atoms with van der Waals surface area (Å²) in [7, 11) is 1.92. The first-order chi connectivity index (χ1) is 10.3. The maximum absolute atomic E-state index is 4.24. The number of aromatic nitrogens is 3. The van der Waals surface area contributed by atoms with Gasteiger partial charge >= 0.3 is 0 Å². The molecule has 0 amide bonds. The first kappa shape index (κ1) is 15.1. The van der Waals surface area contributed by atoms with Crippen molar-refractivity contribution in [2.45, 2.75) is 38.0 Å². The number of hydrogen-bond donors (Lipinski definition) is 1. The highest BCUT2D eigenvalue weighted by Crippen LogP contribution is 2.35. The van der Waals surface area contributed by atoms with Gasteiger partial charge in [0.2, 0.25) is 0 Å². The van der Waals surface area contributed by atoms with Crippen molar-refractivity contribution in [1.29, 1.82) is 0 Å². The maximum atomic E-state index is 4.24. The van der Waals surface area contributed by atoms with Crippen LogP contribution in [0.5, 0.6) is 0 Å². The lowest BCUT2D eigenvalue weighted by atomic mass is 10.1. The largest absolute Gasteiger partial charge is 0.309 e. The molecule has 3 heterocycles. The fourth-order valence-electron chi connectivity index (χ4n) is 2.63. The van der Waals surface area contributed by atoms with Crippen LogP contribution >= 0.6 is 23.1 Å². The van der Waals surface area contributed by atoms with Crippen molar-refractivity contribution < 1.29 is 0 Å². The summed E-state index contributed by atoms with van der Waals surface area (Å²) >= 11 is 4.04. The average Bonchev–Trinajstić information content (AvgIpc) is 3.09. The van der Waals surface area contributed by atoms with E-state index in [1.54, 1.807) is 15.1 Å². The number of aryl methyl sites for hydroxylation is 2. The van der Waals surface area contributed by atoms with E-state index < -0.39 is 0 Å². The Morgan fingerprint density at radius 2 is 2.38 bits per heavy atom. The molecule has 6 heteroatoms. The number of rotatable bonds is 6. The van der Waals surface area contributed by atoms with E-state index >= 15 is 0 Å². The smallest absolute Gasteiger partial charge is 0.0846 e. The number of fused-ring (bicyclic) bond motifs is 1. The predicted octanol–water partition coefficient (Wildman–Crippen LogP) is 2.95. The molecule has 0 aliphatic carbocycles. The fraction of sp³-hybridized carbons (Fsp3) is 0.600. The maximum Gasteiger partial charge on any atom is 0.0846 e. The van der Waals surface area contributed by atoms with Gasteiger partial charge in [-0.2, -0.15) is 11.8 Å². The minimum atomic E-state index is 0.363. The molecule has 2 aromatic heterocycles. The molecule has 114 valence electrons. The molecular weight excluding hydrogens is 300 g/mol. The molecule has 1 aliphatic heterocycles. The predicted molar refractivity (Wildman–Crippen MR) is 89.9 cm³/mol. The number of nitrogens with one attached hydrogen (secondary N) is 1. The number of hydrogen-bond acceptors (Lipinski definition) is 5. The summed E-state index contributed by atoms with van der Waals surface area (Å²) in [4.78, 5) is 3.05. The van der Waals surface area contributed by atoms with E-state index in [0.29, 0.717) is 6.04 Å². The Balaban J connectivity index is 1.79. The Labute approximate surface area is 134 Å². The first-order valence-electron chi connectivity index (χ1n) is 7.54. The molecule has 0 bridgehead atoms. The quantitative estimate of drug-likeness (QED) is 0.888. The molecule has 1 aliphatic rings. The van der Waals surface area contributed by atoms with E-state index in [1.807, 2.05) is 36.3 Å². The van der Waals surface area contributed by atoms with Gasteiger partial charge in [-0.25, -0.2) is 0 Å². The van der Waals surface area contributed by atoms with Crippen molar-refractivity contribution in [2.75, 3.05) is 12.3 Å². The second kappa shape index (κ2) is 6.94. The minimum Gasteiger partial charge on any atom is -0.309 e. The van der Waals surface area contributed by atoms with Crippen molar-refractivity contribution in [2.24, 2.45) is 7.05 Å². The van der Waals surface area contributed by atoms with Crippen LogP contribution < -0.4 is 5.32 Å². The van der Waals surface area contributed by atoms with E-state index in [1.165, 1.54) is 22.8 Å². The molecular formula is C15H22N4S2. The summed E-state index contributed by atoms with van der Waals surface area (Å²) in [5.74, 6) is 2.45. The Morgan fingerprint density at radius 3 is 3.10 bits per heavy atom. The lowest BCUT2D eigenvalue weighted by Crippen LogP contribution is -2.23. The normalized spacial score (nSPS) is 15.9. The molecule has 21 heavy (non-hydrogen) atoms. The molecule has 0 aromatic carbocycles. The van der Waals surface area contributed by atoms with Gasteiger partial charge < -0.3 is 5.32 Å². The molecule has 2 aromatic rings. The monoisotopic (exact) mass is 322 g/mol. The fourth-order valence-corrected chi connectivity index (χ4v) is 5.08. The Bertz CT molecular complexity index is 567. The highest BCUT2D eigenvalue weighted by molar-refractivity contribution is 7.98. The highest BCUT2D eigenvalue weighted by Gasteiger charge is 2.20. The molecule has 4 nitrogen and oxygen atoms in total. The van der Waals surface area contributed by atoms with Crippen LogP contribution in [0.3, 0.4) is 0 Å². The molecule has 0 radical (unpaired) electrons. The van der Waals surface area contributed by atoms with Crippen LogP contribution in [0.25, 0.3) is 0 Å². The van der Waals surface area contributed by atoms with Gasteiger partial charge in [0.15, 0.2) is 0 Å². The van der Waals surface area contributed by atoms with Crippen LogP contribution in [0, 0.1) is 0 Å². The van der Waals surface area contributed by atoms with Crippen LogP contribution in [-0.2, 0) is 25.6 Å². The summed E-state index contributed by atoms with van der Waals surface area (Å²) in [5.41, 5.74) is 2.61. The molecule has 0 spiro atoms. The van der Waals surface area contributed by atoms with Gasteiger partial charge in [0.1, 0.15) is 0 Å². The van der Waals surface area contributed by atoms with Crippen molar-refractivity contribution in [3.8, 4) is 0 Å². The van der Waals surface area contributed by atoms with E-state index in [2.05, 4.69) is 28.6 Å². The Morgan fingerprint density at radius 1 is 1.48 bits per heavy atom. The van der Waals surface area contributed by atoms with Gasteiger partial charge in [-0.3, -0.25) is 4.68 Å². The molecule has 1 atom stereocenters. The lowest BCUT2D eigenvalue weighted by molar-refractivity contribution is 0.531. The topological polar surface area (TPSA) is 42.7 Å². The third-order valence-electron chi connectivity index (χ3n) is 3.69. The number of thioether (sulfide) groups is 1. The first-order valence-corrected chi connectivity index (χ1v) is 9.51. The van der Waals surface area contributed by atoms with Crippen molar-refractivity contribution in [3.63, 3.8) is 0 Å².